The summed E-state index contributed by atoms with van der Waals surface area (Å²) in [5, 5.41) is 13.4. The molecule has 3 aliphatic rings. The number of amides is 3. The maximum atomic E-state index is 13.8. The van der Waals surface area contributed by atoms with E-state index in [0.717, 1.165) is 37.2 Å². The highest BCUT2D eigenvalue weighted by molar-refractivity contribution is 6.01. The number of carbonyl (C=O) groups excluding carboxylic acids is 3. The second-order valence-electron chi connectivity index (χ2n) is 11.0. The summed E-state index contributed by atoms with van der Waals surface area (Å²) in [6, 6.07) is 14.2. The van der Waals surface area contributed by atoms with Gasteiger partial charge < -0.3 is 25.0 Å². The van der Waals surface area contributed by atoms with Gasteiger partial charge in [0, 0.05) is 44.8 Å². The number of rotatable bonds is 7. The summed E-state index contributed by atoms with van der Waals surface area (Å²) in [6.45, 7) is 6.18. The van der Waals surface area contributed by atoms with E-state index in [1.54, 1.807) is 11.0 Å². The van der Waals surface area contributed by atoms with Crippen molar-refractivity contribution in [3.8, 4) is 0 Å². The molecule has 0 saturated carbocycles. The van der Waals surface area contributed by atoms with Gasteiger partial charge in [-0.2, -0.15) is 0 Å². The molecule has 8 nitrogen and oxygen atoms in total. The number of hydrogen-bond donors (Lipinski definition) is 2. The molecule has 3 amide bonds. The minimum Gasteiger partial charge on any atom is -0.391 e. The molecular weight excluding hydrogens is 482 g/mol. The van der Waals surface area contributed by atoms with Gasteiger partial charge in [0.05, 0.1) is 6.10 Å². The largest absolute Gasteiger partial charge is 0.391 e. The number of carbonyl (C=O) groups is 3. The molecule has 38 heavy (non-hydrogen) atoms. The third kappa shape index (κ3) is 5.33. The molecule has 2 fully saturated rings. The van der Waals surface area contributed by atoms with Gasteiger partial charge in [0.1, 0.15) is 12.1 Å². The fraction of sp³-hybridized carbons (Fsp3) is 0.500. The summed E-state index contributed by atoms with van der Waals surface area (Å²) in [5.74, 6) is -0.397. The quantitative estimate of drug-likeness (QED) is 0.586. The zero-order valence-electron chi connectivity index (χ0n) is 22.1. The van der Waals surface area contributed by atoms with Crippen molar-refractivity contribution >= 4 is 17.7 Å². The van der Waals surface area contributed by atoms with E-state index >= 15 is 0 Å². The third-order valence-electron chi connectivity index (χ3n) is 8.07. The molecule has 202 valence electrons. The maximum absolute atomic E-state index is 13.8. The molecule has 0 bridgehead atoms. The number of ether oxygens (including phenoxy) is 1. The Balaban J connectivity index is 1.24. The Morgan fingerprint density at radius 2 is 1.79 bits per heavy atom. The number of fused-ring (bicyclic) bond motifs is 1. The first-order valence-electron chi connectivity index (χ1n) is 13.6. The molecular formula is C30H37N3O5. The van der Waals surface area contributed by atoms with E-state index in [0.29, 0.717) is 24.6 Å². The summed E-state index contributed by atoms with van der Waals surface area (Å²) in [7, 11) is 0. The Labute approximate surface area is 224 Å². The average molecular weight is 520 g/mol. The van der Waals surface area contributed by atoms with Crippen molar-refractivity contribution in [3.05, 3.63) is 70.8 Å². The van der Waals surface area contributed by atoms with Gasteiger partial charge in [0.2, 0.25) is 11.8 Å². The number of nitrogens with one attached hydrogen (secondary N) is 1. The number of β-amino-alcohol motifs (C(OH)–C–C–N with tert-alkyl or cyclic N) is 1. The van der Waals surface area contributed by atoms with Gasteiger partial charge in [-0.25, -0.2) is 0 Å². The fourth-order valence-electron chi connectivity index (χ4n) is 6.00. The molecule has 3 heterocycles. The van der Waals surface area contributed by atoms with E-state index in [-0.39, 0.29) is 36.6 Å². The van der Waals surface area contributed by atoms with Crippen LogP contribution in [-0.4, -0.2) is 70.6 Å². The zero-order chi connectivity index (χ0) is 26.8. The van der Waals surface area contributed by atoms with Crippen LogP contribution in [0.2, 0.25) is 0 Å². The number of aliphatic hydroxyl groups excluding tert-OH is 1. The van der Waals surface area contributed by atoms with E-state index in [1.165, 1.54) is 10.5 Å². The fourth-order valence-corrected chi connectivity index (χ4v) is 6.00. The summed E-state index contributed by atoms with van der Waals surface area (Å²) >= 11 is 0. The summed E-state index contributed by atoms with van der Waals surface area (Å²) < 4.78 is 5.46. The van der Waals surface area contributed by atoms with E-state index in [9.17, 15) is 19.5 Å². The van der Waals surface area contributed by atoms with Crippen molar-refractivity contribution in [2.75, 3.05) is 19.8 Å². The molecule has 0 unspecified atom stereocenters. The van der Waals surface area contributed by atoms with Crippen LogP contribution in [0.3, 0.4) is 0 Å². The number of likely N-dealkylation sites (tertiary alicyclic amines) is 1. The van der Waals surface area contributed by atoms with E-state index < -0.39 is 18.2 Å². The highest BCUT2D eigenvalue weighted by atomic mass is 16.5. The van der Waals surface area contributed by atoms with E-state index in [4.69, 9.17) is 4.74 Å². The molecule has 3 aliphatic heterocycles. The van der Waals surface area contributed by atoms with Crippen molar-refractivity contribution in [2.45, 2.75) is 70.3 Å². The van der Waals surface area contributed by atoms with Gasteiger partial charge in [-0.15, -0.1) is 0 Å². The number of aliphatic hydroxyl groups is 1. The molecule has 2 aromatic rings. The maximum Gasteiger partial charge on any atom is 0.255 e. The number of benzene rings is 2. The highest BCUT2D eigenvalue weighted by Gasteiger charge is 2.45. The lowest BCUT2D eigenvalue weighted by molar-refractivity contribution is -0.143. The SMILES string of the molecule is CC(C)[C@@H](C(=O)N1C[C@H](O)C[C@H]1C(=O)NCc1ccc(C2CCOCC2)cc1)N1Cc2ccccc2C1=O. The lowest BCUT2D eigenvalue weighted by Gasteiger charge is -2.35. The van der Waals surface area contributed by atoms with Gasteiger partial charge in [0.25, 0.3) is 5.91 Å². The van der Waals surface area contributed by atoms with Crippen LogP contribution in [-0.2, 0) is 27.4 Å². The topological polar surface area (TPSA) is 99.2 Å². The predicted octanol–water partition coefficient (Wildman–Crippen LogP) is 2.84. The van der Waals surface area contributed by atoms with Gasteiger partial charge in [-0.05, 0) is 47.4 Å². The van der Waals surface area contributed by atoms with Gasteiger partial charge in [0.15, 0.2) is 0 Å². The third-order valence-corrected chi connectivity index (χ3v) is 8.07. The Bertz CT molecular complexity index is 1170. The van der Waals surface area contributed by atoms with Gasteiger partial charge >= 0.3 is 0 Å². The minimum absolute atomic E-state index is 0.0783. The van der Waals surface area contributed by atoms with Crippen molar-refractivity contribution in [3.63, 3.8) is 0 Å². The first kappa shape index (κ1) is 26.4. The van der Waals surface area contributed by atoms with Crippen LogP contribution in [0.25, 0.3) is 0 Å². The van der Waals surface area contributed by atoms with Crippen molar-refractivity contribution in [1.29, 1.82) is 0 Å². The summed E-state index contributed by atoms with van der Waals surface area (Å²) in [4.78, 5) is 43.3. The van der Waals surface area contributed by atoms with Crippen LogP contribution in [0.4, 0.5) is 0 Å². The Morgan fingerprint density at radius 1 is 1.08 bits per heavy atom. The van der Waals surface area contributed by atoms with Crippen LogP contribution in [0, 0.1) is 5.92 Å². The van der Waals surface area contributed by atoms with Gasteiger partial charge in [-0.1, -0.05) is 56.3 Å². The summed E-state index contributed by atoms with van der Waals surface area (Å²) in [5.41, 5.74) is 3.78. The molecule has 0 radical (unpaired) electrons. The molecule has 5 rings (SSSR count). The standard InChI is InChI=1S/C30H37N3O5/c1-19(2)27(33-17-23-5-3-4-6-25(23)29(33)36)30(37)32-18-24(34)15-26(32)28(35)31-16-20-7-9-21(10-8-20)22-11-13-38-14-12-22/h3-10,19,22,24,26-27,34H,11-18H2,1-2H3,(H,31,35)/t24-,26+,27+/m1/s1. The minimum atomic E-state index is -0.784. The lowest BCUT2D eigenvalue weighted by atomic mass is 9.91. The number of hydrogen-bond acceptors (Lipinski definition) is 5. The Kier molecular flexibility index (Phi) is 7.81. The van der Waals surface area contributed by atoms with Crippen LogP contribution in [0.1, 0.15) is 66.1 Å². The molecule has 2 saturated heterocycles. The Morgan fingerprint density at radius 3 is 2.47 bits per heavy atom. The van der Waals surface area contributed by atoms with Crippen LogP contribution < -0.4 is 5.32 Å². The van der Waals surface area contributed by atoms with E-state index in [1.807, 2.05) is 44.2 Å². The predicted molar refractivity (Wildman–Crippen MR) is 142 cm³/mol. The number of nitrogens with zero attached hydrogens (tertiary/aromatic N) is 2. The first-order chi connectivity index (χ1) is 18.3. The monoisotopic (exact) mass is 519 g/mol. The molecule has 0 aliphatic carbocycles. The second kappa shape index (κ2) is 11.3. The second-order valence-corrected chi connectivity index (χ2v) is 11.0. The smallest absolute Gasteiger partial charge is 0.255 e. The summed E-state index contributed by atoms with van der Waals surface area (Å²) in [6.07, 6.45) is 1.44. The van der Waals surface area contributed by atoms with E-state index in [2.05, 4.69) is 17.4 Å². The highest BCUT2D eigenvalue weighted by Crippen LogP contribution is 2.30. The molecule has 0 spiro atoms. The van der Waals surface area contributed by atoms with Crippen molar-refractivity contribution in [1.82, 2.24) is 15.1 Å². The average Bonchev–Trinajstić information content (AvgIpc) is 3.48. The van der Waals surface area contributed by atoms with Crippen molar-refractivity contribution in [2.24, 2.45) is 5.92 Å². The molecule has 0 aromatic heterocycles. The lowest BCUT2D eigenvalue weighted by Crippen LogP contribution is -2.55. The van der Waals surface area contributed by atoms with Crippen molar-refractivity contribution < 1.29 is 24.2 Å². The molecule has 2 aromatic carbocycles. The Hall–Kier alpha value is -3.23. The normalized spacial score (nSPS) is 22.6. The molecule has 2 N–H and O–H groups in total. The first-order valence-corrected chi connectivity index (χ1v) is 13.6. The van der Waals surface area contributed by atoms with Crippen LogP contribution in [0.15, 0.2) is 48.5 Å². The zero-order valence-corrected chi connectivity index (χ0v) is 22.1. The molecule has 3 atom stereocenters. The van der Waals surface area contributed by atoms with Gasteiger partial charge in [-0.3, -0.25) is 14.4 Å². The molecule has 8 heteroatoms. The van der Waals surface area contributed by atoms with Crippen LogP contribution in [0.5, 0.6) is 0 Å². The van der Waals surface area contributed by atoms with Crippen LogP contribution >= 0.6 is 0 Å².